The Morgan fingerprint density at radius 2 is 2.29 bits per heavy atom. The van der Waals surface area contributed by atoms with Crippen LogP contribution in [0.25, 0.3) is 11.4 Å². The van der Waals surface area contributed by atoms with E-state index in [1.54, 1.807) is 23.4 Å². The van der Waals surface area contributed by atoms with Crippen molar-refractivity contribution in [2.45, 2.75) is 6.54 Å². The molecule has 3 heterocycles. The Bertz CT molecular complexity index is 588. The summed E-state index contributed by atoms with van der Waals surface area (Å²) in [6, 6.07) is 3.69. The Labute approximate surface area is 96.1 Å². The summed E-state index contributed by atoms with van der Waals surface area (Å²) in [7, 11) is 0. The minimum atomic E-state index is 0.410. The highest BCUT2D eigenvalue weighted by molar-refractivity contribution is 5.51. The Morgan fingerprint density at radius 1 is 1.29 bits per heavy atom. The molecule has 0 aromatic carbocycles. The van der Waals surface area contributed by atoms with Gasteiger partial charge in [-0.3, -0.25) is 4.98 Å². The molecule has 7 nitrogen and oxygen atoms in total. The Kier molecular flexibility index (Phi) is 2.34. The lowest BCUT2D eigenvalue weighted by atomic mass is 10.3. The number of hydrogen-bond acceptors (Lipinski definition) is 6. The molecule has 0 aliphatic carbocycles. The maximum Gasteiger partial charge on any atom is 0.248 e. The van der Waals surface area contributed by atoms with Crippen molar-refractivity contribution in [3.63, 3.8) is 0 Å². The van der Waals surface area contributed by atoms with Gasteiger partial charge in [-0.2, -0.15) is 10.1 Å². The van der Waals surface area contributed by atoms with Gasteiger partial charge in [-0.1, -0.05) is 5.16 Å². The van der Waals surface area contributed by atoms with E-state index in [4.69, 9.17) is 4.52 Å². The second-order valence-corrected chi connectivity index (χ2v) is 3.35. The molecule has 0 fully saturated rings. The average molecular weight is 228 g/mol. The molecule has 0 unspecified atom stereocenters. The molecule has 0 saturated carbocycles. The van der Waals surface area contributed by atoms with Gasteiger partial charge in [0.25, 0.3) is 0 Å². The second kappa shape index (κ2) is 4.12. The molecule has 0 spiro atoms. The first-order valence-corrected chi connectivity index (χ1v) is 4.97. The summed E-state index contributed by atoms with van der Waals surface area (Å²) < 4.78 is 6.73. The van der Waals surface area contributed by atoms with Crippen molar-refractivity contribution in [1.82, 2.24) is 29.9 Å². The smallest absolute Gasteiger partial charge is 0.248 e. The van der Waals surface area contributed by atoms with Crippen LogP contribution in [0.3, 0.4) is 0 Å². The summed E-state index contributed by atoms with van der Waals surface area (Å²) in [5, 5.41) is 7.84. The first-order chi connectivity index (χ1) is 8.42. The molecule has 84 valence electrons. The lowest BCUT2D eigenvalue weighted by Gasteiger charge is -1.92. The highest BCUT2D eigenvalue weighted by atomic mass is 16.5. The van der Waals surface area contributed by atoms with Gasteiger partial charge in [0.05, 0.1) is 0 Å². The highest BCUT2D eigenvalue weighted by Crippen LogP contribution is 2.13. The molecule has 0 bridgehead atoms. The number of nitrogens with zero attached hydrogens (tertiary/aromatic N) is 6. The minimum Gasteiger partial charge on any atom is -0.337 e. The molecule has 0 amide bonds. The van der Waals surface area contributed by atoms with E-state index in [2.05, 4.69) is 25.2 Å². The zero-order valence-corrected chi connectivity index (χ0v) is 8.76. The van der Waals surface area contributed by atoms with Crippen molar-refractivity contribution in [1.29, 1.82) is 0 Å². The van der Waals surface area contributed by atoms with E-state index in [1.807, 2.05) is 12.1 Å². The average Bonchev–Trinajstić information content (AvgIpc) is 3.02. The molecule has 17 heavy (non-hydrogen) atoms. The van der Waals surface area contributed by atoms with E-state index in [-0.39, 0.29) is 0 Å². The Hall–Kier alpha value is -2.57. The van der Waals surface area contributed by atoms with Crippen LogP contribution in [0.4, 0.5) is 0 Å². The number of aromatic nitrogens is 6. The quantitative estimate of drug-likeness (QED) is 0.658. The van der Waals surface area contributed by atoms with Crippen molar-refractivity contribution in [3.8, 4) is 11.4 Å². The van der Waals surface area contributed by atoms with Crippen LogP contribution in [-0.2, 0) is 6.54 Å². The van der Waals surface area contributed by atoms with E-state index in [0.717, 1.165) is 5.56 Å². The van der Waals surface area contributed by atoms with Crippen LogP contribution < -0.4 is 0 Å². The van der Waals surface area contributed by atoms with Crippen molar-refractivity contribution < 1.29 is 4.52 Å². The monoisotopic (exact) mass is 228 g/mol. The predicted octanol–water partition coefficient (Wildman–Crippen LogP) is 0.771. The fraction of sp³-hybridized carbons (Fsp3) is 0.100. The third-order valence-electron chi connectivity index (χ3n) is 2.15. The lowest BCUT2D eigenvalue weighted by Crippen LogP contribution is -1.99. The third kappa shape index (κ3) is 2.03. The van der Waals surface area contributed by atoms with Crippen LogP contribution in [0.15, 0.2) is 41.7 Å². The van der Waals surface area contributed by atoms with E-state index in [0.29, 0.717) is 18.3 Å². The van der Waals surface area contributed by atoms with Crippen LogP contribution in [0.2, 0.25) is 0 Å². The lowest BCUT2D eigenvalue weighted by molar-refractivity contribution is 0.366. The molecule has 3 aromatic rings. The van der Waals surface area contributed by atoms with Gasteiger partial charge in [0, 0.05) is 18.0 Å². The predicted molar refractivity (Wildman–Crippen MR) is 56.7 cm³/mol. The Morgan fingerprint density at radius 3 is 3.06 bits per heavy atom. The van der Waals surface area contributed by atoms with E-state index < -0.39 is 0 Å². The second-order valence-electron chi connectivity index (χ2n) is 3.35. The standard InChI is InChI=1S/C10H8N6O/c1-2-8(4-11-3-1)10-14-9(17-15-10)5-16-7-12-6-13-16/h1-4,6-7H,5H2. The van der Waals surface area contributed by atoms with Crippen molar-refractivity contribution in [2.75, 3.05) is 0 Å². The van der Waals surface area contributed by atoms with Gasteiger partial charge in [0.2, 0.25) is 11.7 Å². The summed E-state index contributed by atoms with van der Waals surface area (Å²) >= 11 is 0. The molecule has 0 aliphatic rings. The molecule has 0 atom stereocenters. The molecular weight excluding hydrogens is 220 g/mol. The molecule has 0 N–H and O–H groups in total. The maximum atomic E-state index is 5.11. The molecule has 0 radical (unpaired) electrons. The summed E-state index contributed by atoms with van der Waals surface area (Å²) in [6.07, 6.45) is 6.43. The van der Waals surface area contributed by atoms with Gasteiger partial charge >= 0.3 is 0 Å². The molecule has 0 aliphatic heterocycles. The van der Waals surface area contributed by atoms with Gasteiger partial charge in [0.15, 0.2) is 0 Å². The first kappa shape index (κ1) is 9.64. The van der Waals surface area contributed by atoms with E-state index >= 15 is 0 Å². The maximum absolute atomic E-state index is 5.11. The van der Waals surface area contributed by atoms with Crippen LogP contribution in [-0.4, -0.2) is 29.9 Å². The Balaban J connectivity index is 1.84. The largest absolute Gasteiger partial charge is 0.337 e. The van der Waals surface area contributed by atoms with Crippen molar-refractivity contribution in [3.05, 3.63) is 43.1 Å². The van der Waals surface area contributed by atoms with E-state index in [1.165, 1.54) is 6.33 Å². The number of hydrogen-bond donors (Lipinski definition) is 0. The fourth-order valence-electron chi connectivity index (χ4n) is 1.38. The van der Waals surface area contributed by atoms with Crippen molar-refractivity contribution >= 4 is 0 Å². The number of pyridine rings is 1. The molecule has 7 heteroatoms. The first-order valence-electron chi connectivity index (χ1n) is 4.97. The SMILES string of the molecule is c1cncc(-c2noc(Cn3cncn3)n2)c1. The topological polar surface area (TPSA) is 82.5 Å². The van der Waals surface area contributed by atoms with Crippen molar-refractivity contribution in [2.24, 2.45) is 0 Å². The third-order valence-corrected chi connectivity index (χ3v) is 2.15. The summed E-state index contributed by atoms with van der Waals surface area (Å²) in [5.74, 6) is 1.00. The molecular formula is C10H8N6O. The van der Waals surface area contributed by atoms with Crippen LogP contribution in [0.1, 0.15) is 5.89 Å². The highest BCUT2D eigenvalue weighted by Gasteiger charge is 2.08. The molecule has 3 rings (SSSR count). The normalized spacial score (nSPS) is 10.6. The minimum absolute atomic E-state index is 0.410. The van der Waals surface area contributed by atoms with Gasteiger partial charge in [-0.15, -0.1) is 0 Å². The van der Waals surface area contributed by atoms with E-state index in [9.17, 15) is 0 Å². The van der Waals surface area contributed by atoms with Crippen LogP contribution in [0, 0.1) is 0 Å². The van der Waals surface area contributed by atoms with Gasteiger partial charge in [0.1, 0.15) is 19.2 Å². The zero-order chi connectivity index (χ0) is 11.5. The summed E-state index contributed by atoms with van der Waals surface area (Å²) in [5.41, 5.74) is 0.820. The molecule has 0 saturated heterocycles. The van der Waals surface area contributed by atoms with Crippen LogP contribution in [0.5, 0.6) is 0 Å². The van der Waals surface area contributed by atoms with Gasteiger partial charge in [-0.05, 0) is 12.1 Å². The van der Waals surface area contributed by atoms with Gasteiger partial charge < -0.3 is 4.52 Å². The fourth-order valence-corrected chi connectivity index (χ4v) is 1.38. The van der Waals surface area contributed by atoms with Gasteiger partial charge in [-0.25, -0.2) is 9.67 Å². The molecule has 3 aromatic heterocycles. The van der Waals surface area contributed by atoms with Crippen LogP contribution >= 0.6 is 0 Å². The number of rotatable bonds is 3. The summed E-state index contributed by atoms with van der Waals surface area (Å²) in [6.45, 7) is 0.410. The zero-order valence-electron chi connectivity index (χ0n) is 8.76. The summed E-state index contributed by atoms with van der Waals surface area (Å²) in [4.78, 5) is 12.1.